The maximum atomic E-state index is 11.0. The Labute approximate surface area is 63.9 Å². The minimum Gasteiger partial charge on any atom is -0.467 e. The van der Waals surface area contributed by atoms with Crippen molar-refractivity contribution in [1.82, 2.24) is 5.32 Å². The fourth-order valence-corrected chi connectivity index (χ4v) is 1.02. The molecule has 0 aliphatic carbocycles. The van der Waals surface area contributed by atoms with Crippen molar-refractivity contribution >= 4 is 11.9 Å². The van der Waals surface area contributed by atoms with Crippen LogP contribution in [0.3, 0.4) is 0 Å². The molecule has 0 aromatic rings. The molecule has 0 saturated carbocycles. The van der Waals surface area contributed by atoms with Gasteiger partial charge in [0.2, 0.25) is 0 Å². The van der Waals surface area contributed by atoms with Crippen LogP contribution in [0.1, 0.15) is 6.42 Å². The van der Waals surface area contributed by atoms with Crippen LogP contribution in [0, 0.1) is 0 Å². The summed E-state index contributed by atoms with van der Waals surface area (Å²) in [4.78, 5) is 21.9. The van der Waals surface area contributed by atoms with Crippen LogP contribution in [-0.2, 0) is 14.3 Å². The minimum absolute atomic E-state index is 0.304. The fourth-order valence-electron chi connectivity index (χ4n) is 1.02. The van der Waals surface area contributed by atoms with E-state index in [1.54, 1.807) is 0 Å². The predicted octanol–water partition coefficient (Wildman–Crippen LogP) is -1.62. The molecule has 5 nitrogen and oxygen atoms in total. The third-order valence-electron chi connectivity index (χ3n) is 1.76. The lowest BCUT2D eigenvalue weighted by Gasteiger charge is -2.15. The first-order chi connectivity index (χ1) is 5.11. The molecule has 1 saturated heterocycles. The fraction of sp³-hybridized carbons (Fsp3) is 0.667. The Bertz CT molecular complexity index is 204. The number of carbonyl (C=O) groups excluding carboxylic acids is 2. The predicted molar refractivity (Wildman–Crippen MR) is 36.6 cm³/mol. The van der Waals surface area contributed by atoms with Crippen LogP contribution in [-0.4, -0.2) is 31.1 Å². The monoisotopic (exact) mass is 158 g/mol. The number of amides is 1. The second-order valence-corrected chi connectivity index (χ2v) is 2.47. The van der Waals surface area contributed by atoms with Gasteiger partial charge in [-0.3, -0.25) is 4.79 Å². The number of carbonyl (C=O) groups is 2. The Hall–Kier alpha value is -1.10. The van der Waals surface area contributed by atoms with Crippen LogP contribution in [0.15, 0.2) is 0 Å². The van der Waals surface area contributed by atoms with E-state index in [0.29, 0.717) is 13.0 Å². The average Bonchev–Trinajstić information content (AvgIpc) is 2.32. The van der Waals surface area contributed by atoms with Gasteiger partial charge in [0.25, 0.3) is 5.91 Å². The van der Waals surface area contributed by atoms with Gasteiger partial charge in [-0.2, -0.15) is 0 Å². The van der Waals surface area contributed by atoms with E-state index in [9.17, 15) is 9.59 Å². The van der Waals surface area contributed by atoms with Crippen molar-refractivity contribution in [3.8, 4) is 0 Å². The highest BCUT2D eigenvalue weighted by Gasteiger charge is 2.46. The molecule has 0 aromatic carbocycles. The molecule has 3 N–H and O–H groups in total. The minimum atomic E-state index is -1.45. The number of methoxy groups -OCH3 is 1. The summed E-state index contributed by atoms with van der Waals surface area (Å²) < 4.78 is 4.38. The largest absolute Gasteiger partial charge is 0.467 e. The van der Waals surface area contributed by atoms with Crippen molar-refractivity contribution in [1.29, 1.82) is 0 Å². The molecule has 0 spiro atoms. The summed E-state index contributed by atoms with van der Waals surface area (Å²) in [6, 6.07) is 0. The van der Waals surface area contributed by atoms with Crippen molar-refractivity contribution in [2.45, 2.75) is 12.0 Å². The summed E-state index contributed by atoms with van der Waals surface area (Å²) in [6.45, 7) is 0.435. The van der Waals surface area contributed by atoms with E-state index in [1.807, 2.05) is 0 Å². The van der Waals surface area contributed by atoms with Crippen LogP contribution in [0.5, 0.6) is 0 Å². The molecule has 1 fully saturated rings. The van der Waals surface area contributed by atoms with E-state index < -0.39 is 17.4 Å². The third kappa shape index (κ3) is 1.07. The van der Waals surface area contributed by atoms with Gasteiger partial charge >= 0.3 is 5.97 Å². The molecule has 11 heavy (non-hydrogen) atoms. The molecule has 1 rings (SSSR count). The molecule has 1 unspecified atom stereocenters. The van der Waals surface area contributed by atoms with Gasteiger partial charge in [0.1, 0.15) is 0 Å². The van der Waals surface area contributed by atoms with Crippen molar-refractivity contribution in [3.63, 3.8) is 0 Å². The van der Waals surface area contributed by atoms with Gasteiger partial charge in [-0.05, 0) is 0 Å². The molecule has 1 heterocycles. The maximum Gasteiger partial charge on any atom is 0.335 e. The first-order valence-corrected chi connectivity index (χ1v) is 3.27. The lowest BCUT2D eigenvalue weighted by Crippen LogP contribution is -2.54. The summed E-state index contributed by atoms with van der Waals surface area (Å²) in [6.07, 6.45) is 0.304. The average molecular weight is 158 g/mol. The normalized spacial score (nSPS) is 29.8. The highest BCUT2D eigenvalue weighted by molar-refractivity contribution is 6.08. The zero-order chi connectivity index (χ0) is 8.48. The van der Waals surface area contributed by atoms with Crippen molar-refractivity contribution in [2.75, 3.05) is 13.7 Å². The second kappa shape index (κ2) is 2.50. The number of nitrogens with one attached hydrogen (secondary N) is 1. The van der Waals surface area contributed by atoms with Crippen LogP contribution in [0.25, 0.3) is 0 Å². The van der Waals surface area contributed by atoms with Gasteiger partial charge in [-0.25, -0.2) is 4.79 Å². The standard InChI is InChI=1S/C6H10N2O3/c1-11-5(10)6(7)2-3-8-4(6)9/h2-3,7H2,1H3,(H,8,9). The smallest absolute Gasteiger partial charge is 0.335 e. The first-order valence-electron chi connectivity index (χ1n) is 3.27. The third-order valence-corrected chi connectivity index (χ3v) is 1.76. The molecule has 0 bridgehead atoms. The summed E-state index contributed by atoms with van der Waals surface area (Å²) in [7, 11) is 1.21. The van der Waals surface area contributed by atoms with Gasteiger partial charge in [-0.1, -0.05) is 0 Å². The van der Waals surface area contributed by atoms with Gasteiger partial charge < -0.3 is 15.8 Å². The zero-order valence-corrected chi connectivity index (χ0v) is 6.22. The van der Waals surface area contributed by atoms with Gasteiger partial charge in [0.15, 0.2) is 5.54 Å². The number of hydrogen-bond donors (Lipinski definition) is 2. The van der Waals surface area contributed by atoms with Crippen molar-refractivity contribution < 1.29 is 14.3 Å². The van der Waals surface area contributed by atoms with Crippen LogP contribution < -0.4 is 11.1 Å². The molecule has 1 atom stereocenters. The number of esters is 1. The Kier molecular flexibility index (Phi) is 1.82. The Balaban J connectivity index is 2.80. The number of hydrogen-bond acceptors (Lipinski definition) is 4. The number of ether oxygens (including phenoxy) is 1. The van der Waals surface area contributed by atoms with E-state index >= 15 is 0 Å². The Morgan fingerprint density at radius 1 is 1.82 bits per heavy atom. The highest BCUT2D eigenvalue weighted by Crippen LogP contribution is 2.13. The molecule has 1 amide bonds. The van der Waals surface area contributed by atoms with Gasteiger partial charge in [0, 0.05) is 13.0 Å². The maximum absolute atomic E-state index is 11.0. The van der Waals surface area contributed by atoms with E-state index in [1.165, 1.54) is 7.11 Å². The summed E-state index contributed by atoms with van der Waals surface area (Å²) in [5, 5.41) is 2.46. The van der Waals surface area contributed by atoms with Crippen LogP contribution in [0.2, 0.25) is 0 Å². The second-order valence-electron chi connectivity index (χ2n) is 2.47. The summed E-state index contributed by atoms with van der Waals surface area (Å²) in [5.74, 6) is -1.13. The highest BCUT2D eigenvalue weighted by atomic mass is 16.5. The molecule has 1 aliphatic rings. The van der Waals surface area contributed by atoms with Crippen LogP contribution >= 0.6 is 0 Å². The lowest BCUT2D eigenvalue weighted by molar-refractivity contribution is -0.150. The lowest BCUT2D eigenvalue weighted by atomic mass is 10.00. The molecular weight excluding hydrogens is 148 g/mol. The number of rotatable bonds is 1. The molecule has 1 aliphatic heterocycles. The first kappa shape index (κ1) is 8.00. The van der Waals surface area contributed by atoms with Gasteiger partial charge in [-0.15, -0.1) is 0 Å². The van der Waals surface area contributed by atoms with E-state index in [2.05, 4.69) is 10.1 Å². The summed E-state index contributed by atoms with van der Waals surface area (Å²) in [5.41, 5.74) is 4.02. The van der Waals surface area contributed by atoms with E-state index in [4.69, 9.17) is 5.73 Å². The van der Waals surface area contributed by atoms with E-state index in [-0.39, 0.29) is 0 Å². The van der Waals surface area contributed by atoms with Crippen LogP contribution in [0.4, 0.5) is 0 Å². The molecule has 5 heteroatoms. The Morgan fingerprint density at radius 3 is 2.82 bits per heavy atom. The van der Waals surface area contributed by atoms with Gasteiger partial charge in [0.05, 0.1) is 7.11 Å². The molecular formula is C6H10N2O3. The van der Waals surface area contributed by atoms with Crippen molar-refractivity contribution in [2.24, 2.45) is 5.73 Å². The zero-order valence-electron chi connectivity index (χ0n) is 6.22. The quantitative estimate of drug-likeness (QED) is 0.355. The SMILES string of the molecule is COC(=O)C1(N)CCNC1=O. The molecule has 0 aromatic heterocycles. The Morgan fingerprint density at radius 2 is 2.45 bits per heavy atom. The summed E-state index contributed by atoms with van der Waals surface area (Å²) >= 11 is 0. The molecule has 62 valence electrons. The topological polar surface area (TPSA) is 81.4 Å². The van der Waals surface area contributed by atoms with Crippen molar-refractivity contribution in [3.05, 3.63) is 0 Å². The van der Waals surface area contributed by atoms with E-state index in [0.717, 1.165) is 0 Å². The number of nitrogens with two attached hydrogens (primary N) is 1. The molecule has 0 radical (unpaired) electrons.